The van der Waals surface area contributed by atoms with Gasteiger partial charge in [-0.15, -0.1) is 0 Å². The van der Waals surface area contributed by atoms with Crippen LogP contribution in [0.15, 0.2) is 12.2 Å². The van der Waals surface area contributed by atoms with Gasteiger partial charge in [-0.25, -0.2) is 0 Å². The molecule has 0 heterocycles. The Morgan fingerprint density at radius 2 is 1.42 bits per heavy atom. The molecule has 0 unspecified atom stereocenters. The van der Waals surface area contributed by atoms with Gasteiger partial charge in [0.2, 0.25) is 0 Å². The van der Waals surface area contributed by atoms with Crippen LogP contribution >= 0.6 is 0 Å². The predicted octanol–water partition coefficient (Wildman–Crippen LogP) is 3.98. The second kappa shape index (κ2) is 16.8. The summed E-state index contributed by atoms with van der Waals surface area (Å²) >= 11 is 0. The summed E-state index contributed by atoms with van der Waals surface area (Å²) in [4.78, 5) is 10.3. The Morgan fingerprint density at radius 1 is 1.17 bits per heavy atom. The molecule has 0 aliphatic carbocycles. The first-order valence-corrected chi connectivity index (χ1v) is 4.78. The van der Waals surface area contributed by atoms with Crippen molar-refractivity contribution >= 4 is 5.78 Å². The smallest absolute Gasteiger partial charge is 0.155 e. The van der Waals surface area contributed by atoms with Crippen molar-refractivity contribution < 1.29 is 4.79 Å². The Kier molecular flexibility index (Phi) is 24.5. The van der Waals surface area contributed by atoms with E-state index in [1.54, 1.807) is 0 Å². The molecular formula is C11H24O. The monoisotopic (exact) mass is 172 g/mol. The lowest BCUT2D eigenvalue weighted by Gasteiger charge is -1.89. The normalized spacial score (nSPS) is 6.83. The van der Waals surface area contributed by atoms with Gasteiger partial charge in [0.15, 0.2) is 5.78 Å². The summed E-state index contributed by atoms with van der Waals surface area (Å²) in [5.41, 5.74) is 0.708. The molecule has 0 saturated heterocycles. The van der Waals surface area contributed by atoms with Gasteiger partial charge in [0.25, 0.3) is 0 Å². The molecule has 0 aromatic heterocycles. The van der Waals surface area contributed by atoms with Gasteiger partial charge >= 0.3 is 0 Å². The highest BCUT2D eigenvalue weighted by molar-refractivity contribution is 5.92. The van der Waals surface area contributed by atoms with Gasteiger partial charge in [-0.05, 0) is 18.9 Å². The third-order valence-electron chi connectivity index (χ3n) is 0.925. The zero-order valence-electron chi connectivity index (χ0n) is 9.53. The number of rotatable bonds is 2. The molecule has 0 fully saturated rings. The Morgan fingerprint density at radius 3 is 1.42 bits per heavy atom. The van der Waals surface area contributed by atoms with Crippen molar-refractivity contribution in [2.45, 2.75) is 54.4 Å². The van der Waals surface area contributed by atoms with E-state index in [4.69, 9.17) is 0 Å². The molecule has 0 aliphatic heterocycles. The minimum atomic E-state index is 0.0995. The van der Waals surface area contributed by atoms with Crippen LogP contribution in [0.25, 0.3) is 0 Å². The Bertz CT molecular complexity index is 104. The van der Waals surface area contributed by atoms with Crippen molar-refractivity contribution in [3.63, 3.8) is 0 Å². The number of ketones is 1. The second-order valence-electron chi connectivity index (χ2n) is 2.22. The molecule has 0 spiro atoms. The highest BCUT2D eigenvalue weighted by atomic mass is 16.1. The molecule has 0 aromatic rings. The van der Waals surface area contributed by atoms with Crippen LogP contribution in [0, 0.1) is 0 Å². The van der Waals surface area contributed by atoms with E-state index < -0.39 is 0 Å². The van der Waals surface area contributed by atoms with Crippen LogP contribution in [-0.2, 0) is 4.79 Å². The maximum atomic E-state index is 10.3. The summed E-state index contributed by atoms with van der Waals surface area (Å²) in [6.07, 6.45) is 2.02. The molecule has 0 N–H and O–H groups in total. The molecule has 0 radical (unpaired) electrons. The van der Waals surface area contributed by atoms with E-state index in [0.717, 1.165) is 6.42 Å². The van der Waals surface area contributed by atoms with E-state index in [-0.39, 0.29) is 5.78 Å². The summed E-state index contributed by atoms with van der Waals surface area (Å²) in [5, 5.41) is 0. The maximum Gasteiger partial charge on any atom is 0.155 e. The van der Waals surface area contributed by atoms with Crippen LogP contribution in [0.5, 0.6) is 0 Å². The van der Waals surface area contributed by atoms with Gasteiger partial charge in [0, 0.05) is 0 Å². The van der Waals surface area contributed by atoms with E-state index in [2.05, 4.69) is 20.4 Å². The Balaban J connectivity index is -0.000000137. The highest BCUT2D eigenvalue weighted by Gasteiger charge is 1.92. The number of hydrogen-bond donors (Lipinski definition) is 0. The molecule has 0 amide bonds. The van der Waals surface area contributed by atoms with Gasteiger partial charge < -0.3 is 0 Å². The average molecular weight is 172 g/mol. The minimum absolute atomic E-state index is 0.0995. The van der Waals surface area contributed by atoms with Crippen LogP contribution in [0.2, 0.25) is 0 Å². The van der Waals surface area contributed by atoms with E-state index >= 15 is 0 Å². The van der Waals surface area contributed by atoms with E-state index in [1.807, 2.05) is 20.8 Å². The molecule has 0 saturated carbocycles. The third-order valence-corrected chi connectivity index (χ3v) is 0.925. The fourth-order valence-electron chi connectivity index (χ4n) is 0.249. The van der Waals surface area contributed by atoms with Crippen LogP contribution in [0.1, 0.15) is 54.4 Å². The molecule has 0 bridgehead atoms. The SMILES string of the molecule is C=C(CC)C(C)=O.CC.CCC. The van der Waals surface area contributed by atoms with Crippen molar-refractivity contribution in [1.82, 2.24) is 0 Å². The fraction of sp³-hybridized carbons (Fsp3) is 0.727. The van der Waals surface area contributed by atoms with Crippen molar-refractivity contribution in [3.05, 3.63) is 12.2 Å². The molecule has 74 valence electrons. The first-order chi connectivity index (χ1) is 5.59. The predicted molar refractivity (Wildman–Crippen MR) is 57.4 cm³/mol. The van der Waals surface area contributed by atoms with Crippen molar-refractivity contribution in [2.75, 3.05) is 0 Å². The third kappa shape index (κ3) is 22.7. The van der Waals surface area contributed by atoms with Crippen LogP contribution in [0.4, 0.5) is 0 Å². The Labute approximate surface area is 77.9 Å². The lowest BCUT2D eigenvalue weighted by molar-refractivity contribution is -0.113. The van der Waals surface area contributed by atoms with Crippen molar-refractivity contribution in [3.8, 4) is 0 Å². The van der Waals surface area contributed by atoms with Gasteiger partial charge in [-0.1, -0.05) is 47.6 Å². The molecule has 0 rings (SSSR count). The van der Waals surface area contributed by atoms with E-state index in [1.165, 1.54) is 13.3 Å². The standard InChI is InChI=1S/C6H10O.C3H8.C2H6/c1-4-5(2)6(3)7;1-3-2;1-2/h2,4H2,1,3H3;3H2,1-2H3;1-2H3. The molecular weight excluding hydrogens is 148 g/mol. The Hall–Kier alpha value is -0.590. The molecule has 1 nitrogen and oxygen atoms in total. The lowest BCUT2D eigenvalue weighted by atomic mass is 10.2. The minimum Gasteiger partial charge on any atom is -0.295 e. The lowest BCUT2D eigenvalue weighted by Crippen LogP contribution is -1.90. The zero-order valence-corrected chi connectivity index (χ0v) is 9.53. The second-order valence-corrected chi connectivity index (χ2v) is 2.22. The molecule has 1 heteroatoms. The van der Waals surface area contributed by atoms with Gasteiger partial charge in [0.05, 0.1) is 0 Å². The first-order valence-electron chi connectivity index (χ1n) is 4.78. The maximum absolute atomic E-state index is 10.3. The van der Waals surface area contributed by atoms with E-state index in [9.17, 15) is 4.79 Å². The van der Waals surface area contributed by atoms with Crippen LogP contribution in [0.3, 0.4) is 0 Å². The average Bonchev–Trinajstić information content (AvgIpc) is 2.08. The summed E-state index contributed by atoms with van der Waals surface area (Å²) in [5.74, 6) is 0.0995. The van der Waals surface area contributed by atoms with Crippen molar-refractivity contribution in [1.29, 1.82) is 0 Å². The molecule has 0 aromatic carbocycles. The summed E-state index contributed by atoms with van der Waals surface area (Å²) < 4.78 is 0. The number of allylic oxidation sites excluding steroid dienone is 1. The van der Waals surface area contributed by atoms with Gasteiger partial charge in [-0.3, -0.25) is 4.79 Å². The van der Waals surface area contributed by atoms with Crippen molar-refractivity contribution in [2.24, 2.45) is 0 Å². The topological polar surface area (TPSA) is 17.1 Å². The highest BCUT2D eigenvalue weighted by Crippen LogP contribution is 1.94. The molecule has 12 heavy (non-hydrogen) atoms. The number of Topliss-reactive ketones (excluding diaryl/α,β-unsaturated/α-hetero) is 1. The zero-order chi connectivity index (χ0) is 10.6. The quantitative estimate of drug-likeness (QED) is 0.576. The number of carbonyl (C=O) groups excluding carboxylic acids is 1. The van der Waals surface area contributed by atoms with Gasteiger partial charge in [-0.2, -0.15) is 0 Å². The van der Waals surface area contributed by atoms with Crippen LogP contribution in [-0.4, -0.2) is 5.78 Å². The molecule has 0 atom stereocenters. The fourth-order valence-corrected chi connectivity index (χ4v) is 0.249. The number of carbonyl (C=O) groups is 1. The van der Waals surface area contributed by atoms with Crippen LogP contribution < -0.4 is 0 Å². The summed E-state index contributed by atoms with van der Waals surface area (Å²) in [6.45, 7) is 15.2. The van der Waals surface area contributed by atoms with E-state index in [0.29, 0.717) is 5.57 Å². The largest absolute Gasteiger partial charge is 0.295 e. The first kappa shape index (κ1) is 17.5. The molecule has 0 aliphatic rings. The summed E-state index contributed by atoms with van der Waals surface area (Å²) in [7, 11) is 0. The number of hydrogen-bond acceptors (Lipinski definition) is 1. The summed E-state index contributed by atoms with van der Waals surface area (Å²) in [6, 6.07) is 0. The van der Waals surface area contributed by atoms with Gasteiger partial charge in [0.1, 0.15) is 0 Å².